The van der Waals surface area contributed by atoms with Gasteiger partial charge >= 0.3 is 5.97 Å². The van der Waals surface area contributed by atoms with E-state index in [4.69, 9.17) is 14.6 Å². The summed E-state index contributed by atoms with van der Waals surface area (Å²) in [6.45, 7) is 6.28. The Balaban J connectivity index is 1.78. The molecule has 2 N–H and O–H groups in total. The molecule has 0 saturated heterocycles. The number of carbonyl (C=O) groups excluding carboxylic acids is 1. The predicted octanol–water partition coefficient (Wildman–Crippen LogP) is 5.53. The number of hydrogen-bond acceptors (Lipinski definition) is 5. The molecule has 0 heterocycles. The molecule has 3 aromatic rings. The molecule has 178 valence electrons. The van der Waals surface area contributed by atoms with Crippen molar-refractivity contribution in [2.24, 2.45) is 0 Å². The van der Waals surface area contributed by atoms with Crippen LogP contribution < -0.4 is 14.8 Å². The molecule has 0 fully saturated rings. The first-order valence-electron chi connectivity index (χ1n) is 11.0. The Kier molecular flexibility index (Phi) is 8.25. The number of nitriles is 1. The molecule has 7 heteroatoms. The van der Waals surface area contributed by atoms with Crippen molar-refractivity contribution < 1.29 is 24.2 Å². The number of ether oxygens (including phenoxy) is 2. The van der Waals surface area contributed by atoms with Crippen molar-refractivity contribution in [2.45, 2.75) is 27.4 Å². The van der Waals surface area contributed by atoms with Crippen LogP contribution in [0.1, 0.15) is 39.5 Å². The van der Waals surface area contributed by atoms with Crippen LogP contribution in [0.4, 0.5) is 5.69 Å². The number of carboxylic acid groups (broad SMARTS) is 1. The number of rotatable bonds is 9. The zero-order valence-corrected chi connectivity index (χ0v) is 19.8. The smallest absolute Gasteiger partial charge is 0.335 e. The average Bonchev–Trinajstić information content (AvgIpc) is 2.84. The summed E-state index contributed by atoms with van der Waals surface area (Å²) in [5.41, 5.74) is 4.14. The number of benzene rings is 3. The fourth-order valence-corrected chi connectivity index (χ4v) is 3.28. The highest BCUT2D eigenvalue weighted by atomic mass is 16.5. The van der Waals surface area contributed by atoms with Crippen LogP contribution in [0.25, 0.3) is 6.08 Å². The van der Waals surface area contributed by atoms with Gasteiger partial charge in [0.15, 0.2) is 11.5 Å². The summed E-state index contributed by atoms with van der Waals surface area (Å²) in [5, 5.41) is 21.4. The number of nitrogens with one attached hydrogen (secondary N) is 1. The fraction of sp³-hybridized carbons (Fsp3) is 0.179. The zero-order valence-electron chi connectivity index (χ0n) is 19.8. The molecule has 0 atom stereocenters. The van der Waals surface area contributed by atoms with E-state index in [2.05, 4.69) is 5.32 Å². The summed E-state index contributed by atoms with van der Waals surface area (Å²) >= 11 is 0. The number of aryl methyl sites for hydroxylation is 2. The molecule has 3 aromatic carbocycles. The Morgan fingerprint density at radius 1 is 1.00 bits per heavy atom. The molecule has 35 heavy (non-hydrogen) atoms. The quantitative estimate of drug-likeness (QED) is 0.315. The Morgan fingerprint density at radius 2 is 1.74 bits per heavy atom. The van der Waals surface area contributed by atoms with Crippen LogP contribution in [0, 0.1) is 25.2 Å². The normalized spacial score (nSPS) is 10.9. The molecule has 0 aliphatic heterocycles. The minimum atomic E-state index is -0.987. The van der Waals surface area contributed by atoms with Crippen molar-refractivity contribution in [3.05, 3.63) is 94.1 Å². The highest BCUT2D eigenvalue weighted by molar-refractivity contribution is 6.10. The Morgan fingerprint density at radius 3 is 2.40 bits per heavy atom. The van der Waals surface area contributed by atoms with E-state index in [0.717, 1.165) is 16.7 Å². The standard InChI is InChI=1S/C28H26N2O5/c1-4-34-26-15-21(9-12-25(26)35-17-20-7-10-22(11-8-20)28(32)33)14-23(16-29)27(31)30-24-13-18(2)5-6-19(24)3/h5-15H,4,17H2,1-3H3,(H,30,31)(H,32,33)/b23-14+. The SMILES string of the molecule is CCOc1cc(/C=C(\C#N)C(=O)Nc2cc(C)ccc2C)ccc1OCc1ccc(C(=O)O)cc1. The van der Waals surface area contributed by atoms with Crippen molar-refractivity contribution >= 4 is 23.6 Å². The van der Waals surface area contributed by atoms with Crippen molar-refractivity contribution in [1.82, 2.24) is 0 Å². The summed E-state index contributed by atoms with van der Waals surface area (Å²) < 4.78 is 11.6. The minimum absolute atomic E-state index is 0.0412. The third-order valence-electron chi connectivity index (χ3n) is 5.18. The van der Waals surface area contributed by atoms with Gasteiger partial charge in [-0.25, -0.2) is 4.79 Å². The lowest BCUT2D eigenvalue weighted by Gasteiger charge is -2.13. The van der Waals surface area contributed by atoms with Crippen molar-refractivity contribution in [3.63, 3.8) is 0 Å². The van der Waals surface area contributed by atoms with Gasteiger partial charge in [-0.3, -0.25) is 4.79 Å². The van der Waals surface area contributed by atoms with E-state index in [0.29, 0.717) is 29.4 Å². The topological polar surface area (TPSA) is 109 Å². The Bertz CT molecular complexity index is 1300. The number of carbonyl (C=O) groups is 2. The van der Waals surface area contributed by atoms with Crippen molar-refractivity contribution in [1.29, 1.82) is 5.26 Å². The maximum absolute atomic E-state index is 12.7. The molecule has 7 nitrogen and oxygen atoms in total. The number of anilines is 1. The van der Waals surface area contributed by atoms with E-state index < -0.39 is 11.9 Å². The summed E-state index contributed by atoms with van der Waals surface area (Å²) in [6, 6.07) is 19.2. The summed E-state index contributed by atoms with van der Waals surface area (Å²) in [7, 11) is 0. The molecule has 3 rings (SSSR count). The largest absolute Gasteiger partial charge is 0.490 e. The zero-order chi connectivity index (χ0) is 25.4. The lowest BCUT2D eigenvalue weighted by Crippen LogP contribution is -2.14. The number of carboxylic acids is 1. The highest BCUT2D eigenvalue weighted by Gasteiger charge is 2.13. The average molecular weight is 471 g/mol. The van der Waals surface area contributed by atoms with Crippen LogP contribution in [0.5, 0.6) is 11.5 Å². The maximum Gasteiger partial charge on any atom is 0.335 e. The first-order valence-corrected chi connectivity index (χ1v) is 11.0. The van der Waals surface area contributed by atoms with Gasteiger partial charge in [-0.15, -0.1) is 0 Å². The van der Waals surface area contributed by atoms with Crippen LogP contribution in [0.15, 0.2) is 66.2 Å². The fourth-order valence-electron chi connectivity index (χ4n) is 3.28. The van der Waals surface area contributed by atoms with E-state index in [9.17, 15) is 14.9 Å². The molecule has 0 aliphatic rings. The monoisotopic (exact) mass is 470 g/mol. The molecule has 0 aromatic heterocycles. The third kappa shape index (κ3) is 6.71. The van der Waals surface area contributed by atoms with Crippen LogP contribution in [0.2, 0.25) is 0 Å². The minimum Gasteiger partial charge on any atom is -0.490 e. The van der Waals surface area contributed by atoms with Crippen molar-refractivity contribution in [2.75, 3.05) is 11.9 Å². The number of nitrogens with zero attached hydrogens (tertiary/aromatic N) is 1. The van der Waals surface area contributed by atoms with E-state index in [-0.39, 0.29) is 17.7 Å². The second-order valence-corrected chi connectivity index (χ2v) is 7.87. The molecule has 0 spiro atoms. The van der Waals surface area contributed by atoms with Crippen LogP contribution in [-0.2, 0) is 11.4 Å². The van der Waals surface area contributed by atoms with Gasteiger partial charge in [-0.2, -0.15) is 5.26 Å². The predicted molar refractivity (Wildman–Crippen MR) is 133 cm³/mol. The lowest BCUT2D eigenvalue weighted by molar-refractivity contribution is -0.112. The summed E-state index contributed by atoms with van der Waals surface area (Å²) in [4.78, 5) is 23.7. The van der Waals surface area contributed by atoms with E-state index in [1.807, 2.05) is 45.0 Å². The molecule has 1 amide bonds. The van der Waals surface area contributed by atoms with E-state index in [1.165, 1.54) is 18.2 Å². The number of amides is 1. The highest BCUT2D eigenvalue weighted by Crippen LogP contribution is 2.30. The van der Waals surface area contributed by atoms with E-state index in [1.54, 1.807) is 30.3 Å². The Labute approximate surface area is 204 Å². The maximum atomic E-state index is 12.7. The molecule has 0 unspecified atom stereocenters. The first-order chi connectivity index (χ1) is 16.8. The molecule has 0 radical (unpaired) electrons. The van der Waals surface area contributed by atoms with Gasteiger partial charge in [0.05, 0.1) is 12.2 Å². The molecular formula is C28H26N2O5. The summed E-state index contributed by atoms with van der Waals surface area (Å²) in [5.74, 6) is -0.524. The number of hydrogen-bond donors (Lipinski definition) is 2. The third-order valence-corrected chi connectivity index (χ3v) is 5.18. The van der Waals surface area contributed by atoms with Gasteiger partial charge in [0.1, 0.15) is 18.2 Å². The van der Waals surface area contributed by atoms with Crippen molar-refractivity contribution in [3.8, 4) is 17.6 Å². The van der Waals surface area contributed by atoms with Gasteiger partial charge in [0.25, 0.3) is 5.91 Å². The second-order valence-electron chi connectivity index (χ2n) is 7.87. The van der Waals surface area contributed by atoms with E-state index >= 15 is 0 Å². The summed E-state index contributed by atoms with van der Waals surface area (Å²) in [6.07, 6.45) is 1.50. The lowest BCUT2D eigenvalue weighted by atomic mass is 10.1. The molecule has 0 aliphatic carbocycles. The van der Waals surface area contributed by atoms with Crippen LogP contribution in [-0.4, -0.2) is 23.6 Å². The second kappa shape index (κ2) is 11.5. The Hall–Kier alpha value is -4.57. The number of aromatic carboxylic acids is 1. The molecule has 0 bridgehead atoms. The van der Waals surface area contributed by atoms with Gasteiger partial charge in [-0.05, 0) is 79.4 Å². The molecule has 0 saturated carbocycles. The van der Waals surface area contributed by atoms with Crippen LogP contribution >= 0.6 is 0 Å². The van der Waals surface area contributed by atoms with Gasteiger partial charge in [0, 0.05) is 5.69 Å². The van der Waals surface area contributed by atoms with Gasteiger partial charge in [0.2, 0.25) is 0 Å². The first kappa shape index (κ1) is 25.1. The van der Waals surface area contributed by atoms with Crippen LogP contribution in [0.3, 0.4) is 0 Å². The van der Waals surface area contributed by atoms with Gasteiger partial charge in [-0.1, -0.05) is 30.3 Å². The van der Waals surface area contributed by atoms with Gasteiger partial charge < -0.3 is 19.9 Å². The molecular weight excluding hydrogens is 444 g/mol.